The molecule has 10 nitrogen and oxygen atoms in total. The first kappa shape index (κ1) is 83.0. The van der Waals surface area contributed by atoms with Crippen LogP contribution in [0.5, 0.6) is 0 Å². The van der Waals surface area contributed by atoms with Crippen LogP contribution in [0, 0.1) is 0 Å². The second-order valence-corrected chi connectivity index (χ2v) is 42.5. The third-order valence-electron chi connectivity index (χ3n) is 27.4. The van der Waals surface area contributed by atoms with Gasteiger partial charge < -0.3 is 4.42 Å². The number of furan rings is 1. The summed E-state index contributed by atoms with van der Waals surface area (Å²) >= 11 is 3.73. The number of thiophene rings is 2. The number of fused-ring (bicyclic) bond motifs is 20. The largest absolute Gasteiger partial charge is 0.456 e. The van der Waals surface area contributed by atoms with E-state index < -0.39 is 8.07 Å². The van der Waals surface area contributed by atoms with Crippen molar-refractivity contribution < 1.29 is 4.42 Å². The predicted octanol–water partition coefficient (Wildman–Crippen LogP) is 32.8. The first-order valence-corrected chi connectivity index (χ1v) is 51.8. The summed E-state index contributed by atoms with van der Waals surface area (Å²) in [4.78, 5) is 45.4. The van der Waals surface area contributed by atoms with Crippen molar-refractivity contribution >= 4 is 157 Å². The van der Waals surface area contributed by atoms with Crippen molar-refractivity contribution in [2.75, 3.05) is 0 Å². The average Bonchev–Trinajstić information content (AvgIpc) is 1.50. The highest BCUT2D eigenvalue weighted by Gasteiger charge is 2.39. The van der Waals surface area contributed by atoms with Crippen molar-refractivity contribution in [3.63, 3.8) is 0 Å². The molecular weight excluding hydrogens is 1760 g/mol. The number of aromatic nitrogens is 9. The van der Waals surface area contributed by atoms with Gasteiger partial charge in [0, 0.05) is 101 Å². The van der Waals surface area contributed by atoms with E-state index in [0.717, 1.165) is 99.3 Å². The Hall–Kier alpha value is -17.6. The number of hydrogen-bond acceptors (Lipinski definition) is 12. The van der Waals surface area contributed by atoms with Gasteiger partial charge in [0.05, 0.1) is 0 Å². The van der Waals surface area contributed by atoms with E-state index in [1.165, 1.54) is 122 Å². The van der Waals surface area contributed by atoms with E-state index in [9.17, 15) is 0 Å². The molecule has 27 aromatic rings. The summed E-state index contributed by atoms with van der Waals surface area (Å²) in [5.41, 5.74) is 20.2. The van der Waals surface area contributed by atoms with Gasteiger partial charge in [0.1, 0.15) is 19.2 Å². The van der Waals surface area contributed by atoms with E-state index >= 15 is 0 Å². The Labute approximate surface area is 815 Å². The molecular formula is C127H81N9OS2Si. The lowest BCUT2D eigenvalue weighted by molar-refractivity contribution is 0.669. The van der Waals surface area contributed by atoms with Gasteiger partial charge >= 0.3 is 0 Å². The van der Waals surface area contributed by atoms with Crippen LogP contribution in [0.2, 0.25) is 13.1 Å². The van der Waals surface area contributed by atoms with Gasteiger partial charge in [-0.15, -0.1) is 22.7 Å². The second kappa shape index (κ2) is 34.6. The molecule has 0 atom stereocenters. The molecule has 7 heterocycles. The van der Waals surface area contributed by atoms with E-state index in [4.69, 9.17) is 49.3 Å². The molecule has 0 amide bonds. The number of benzene rings is 21. The van der Waals surface area contributed by atoms with Gasteiger partial charge in [-0.05, 0) is 157 Å². The minimum absolute atomic E-state index is 0.642. The van der Waals surface area contributed by atoms with Crippen LogP contribution in [-0.2, 0) is 0 Å². The Morgan fingerprint density at radius 3 is 0.921 bits per heavy atom. The van der Waals surface area contributed by atoms with Crippen LogP contribution in [0.4, 0.5) is 0 Å². The topological polar surface area (TPSA) is 129 Å². The van der Waals surface area contributed by atoms with Gasteiger partial charge in [-0.2, -0.15) is 0 Å². The predicted molar refractivity (Wildman–Crippen MR) is 587 cm³/mol. The standard InChI is InChI=1S/C45H31N3SSi.C41H25N3O.C41H25N3S/c1-50(2)38-20-9-8-16-34(38)40-35(18-11-21-39(40)50)45-47-43(30-13-4-3-5-14-30)46-44(48-45)31-24-22-29(23-25-31)33-17-10-19-36-41(33)42-32-15-7-6-12-28(32)26-27-37(42)49-36;2*1-3-13-27(14-4-1)39-42-40(28-15-5-2-6-16-28)44-41(43-39)34-24-23-32(30-18-9-10-19-31(30)34)33-20-11-21-35-38(33)37-29-17-8-7-12-26(29)22-25-36(37)45-35/h3-27H,1-2H3;2*1-25H. The molecule has 1 aliphatic heterocycles. The quantitative estimate of drug-likeness (QED) is 0.109. The fourth-order valence-electron chi connectivity index (χ4n) is 20.8. The Bertz CT molecular complexity index is 9140. The third kappa shape index (κ3) is 14.6. The SMILES string of the molecule is C[Si]1(C)c2ccccc2-c2c(-c3nc(-c4ccccc4)nc(-c4ccc(-c5cccc6sc7ccc8ccccc8c7c56)cc4)n3)cccc21.c1ccc(-c2nc(-c3ccccc3)nc(-c3ccc(-c4cccc5oc6ccc7ccccc7c6c45)c4ccccc34)n2)cc1.c1ccc(-c2nc(-c3ccccc3)nc(-c3ccc(-c4cccc5sc6ccc7ccccc7c6c45)c4ccccc34)n2)cc1. The van der Waals surface area contributed by atoms with Crippen LogP contribution in [0.25, 0.3) is 263 Å². The van der Waals surface area contributed by atoms with Gasteiger partial charge in [0.15, 0.2) is 52.4 Å². The molecule has 0 unspecified atom stereocenters. The highest BCUT2D eigenvalue weighted by atomic mass is 32.1. The molecule has 28 rings (SSSR count). The van der Waals surface area contributed by atoms with E-state index in [1.54, 1.807) is 0 Å². The molecule has 140 heavy (non-hydrogen) atoms. The van der Waals surface area contributed by atoms with Crippen molar-refractivity contribution in [1.29, 1.82) is 0 Å². The van der Waals surface area contributed by atoms with Gasteiger partial charge in [0.25, 0.3) is 0 Å². The fraction of sp³-hybridized carbons (Fsp3) is 0.0157. The Balaban J connectivity index is 0.000000108. The summed E-state index contributed by atoms with van der Waals surface area (Å²) in [5.74, 6) is 5.98. The van der Waals surface area contributed by atoms with Crippen molar-refractivity contribution in [2.24, 2.45) is 0 Å². The van der Waals surface area contributed by atoms with Crippen LogP contribution in [0.3, 0.4) is 0 Å². The van der Waals surface area contributed by atoms with Crippen molar-refractivity contribution in [3.05, 3.63) is 455 Å². The van der Waals surface area contributed by atoms with Crippen LogP contribution in [-0.4, -0.2) is 52.9 Å². The Kier molecular flexibility index (Phi) is 20.5. The van der Waals surface area contributed by atoms with E-state index in [1.807, 2.05) is 162 Å². The van der Waals surface area contributed by atoms with E-state index in [0.29, 0.717) is 52.4 Å². The molecule has 656 valence electrons. The maximum atomic E-state index is 6.41. The lowest BCUT2D eigenvalue weighted by Gasteiger charge is -2.18. The highest BCUT2D eigenvalue weighted by Crippen LogP contribution is 2.50. The molecule has 13 heteroatoms. The second-order valence-electron chi connectivity index (χ2n) is 36.0. The number of rotatable bonds is 12. The third-order valence-corrected chi connectivity index (χ3v) is 33.2. The van der Waals surface area contributed by atoms with E-state index in [-0.39, 0.29) is 0 Å². The van der Waals surface area contributed by atoms with Crippen molar-refractivity contribution in [3.8, 4) is 147 Å². The smallest absolute Gasteiger partial charge is 0.164 e. The zero-order valence-electron chi connectivity index (χ0n) is 76.1. The summed E-state index contributed by atoms with van der Waals surface area (Å²) in [6.07, 6.45) is 0. The molecule has 21 aromatic carbocycles. The van der Waals surface area contributed by atoms with Crippen LogP contribution < -0.4 is 10.4 Å². The lowest BCUT2D eigenvalue weighted by atomic mass is 9.91. The van der Waals surface area contributed by atoms with Gasteiger partial charge in [-0.3, -0.25) is 0 Å². The monoisotopic (exact) mass is 1840 g/mol. The zero-order chi connectivity index (χ0) is 92.9. The maximum Gasteiger partial charge on any atom is 0.164 e. The summed E-state index contributed by atoms with van der Waals surface area (Å²) in [7, 11) is -1.86. The minimum atomic E-state index is -1.86. The Morgan fingerprint density at radius 2 is 0.464 bits per heavy atom. The highest BCUT2D eigenvalue weighted by molar-refractivity contribution is 7.26. The van der Waals surface area contributed by atoms with Crippen LogP contribution in [0.15, 0.2) is 459 Å². The summed E-state index contributed by atoms with van der Waals surface area (Å²) < 4.78 is 11.6. The molecule has 0 saturated heterocycles. The molecule has 0 saturated carbocycles. The average molecular weight is 1840 g/mol. The summed E-state index contributed by atoms with van der Waals surface area (Å²) in [6.45, 7) is 4.89. The lowest BCUT2D eigenvalue weighted by Crippen LogP contribution is -2.49. The zero-order valence-corrected chi connectivity index (χ0v) is 78.7. The summed E-state index contributed by atoms with van der Waals surface area (Å²) in [6, 6.07) is 160. The molecule has 0 N–H and O–H groups in total. The van der Waals surface area contributed by atoms with Crippen LogP contribution >= 0.6 is 22.7 Å². The van der Waals surface area contributed by atoms with Gasteiger partial charge in [-0.25, -0.2) is 44.9 Å². The molecule has 1 aliphatic rings. The molecule has 0 fully saturated rings. The van der Waals surface area contributed by atoms with Gasteiger partial charge in [0.2, 0.25) is 0 Å². The molecule has 0 radical (unpaired) electrons. The van der Waals surface area contributed by atoms with E-state index in [2.05, 4.69) is 329 Å². The fourth-order valence-corrected chi connectivity index (χ4v) is 26.2. The van der Waals surface area contributed by atoms with Crippen molar-refractivity contribution in [1.82, 2.24) is 44.9 Å². The Morgan fingerprint density at radius 1 is 0.171 bits per heavy atom. The minimum Gasteiger partial charge on any atom is -0.456 e. The van der Waals surface area contributed by atoms with Crippen molar-refractivity contribution in [2.45, 2.75) is 13.1 Å². The normalized spacial score (nSPS) is 12.1. The first-order chi connectivity index (χ1) is 69.2. The molecule has 0 aliphatic carbocycles. The molecule has 6 aromatic heterocycles. The van der Waals surface area contributed by atoms with Gasteiger partial charge in [-0.1, -0.05) is 420 Å². The maximum absolute atomic E-state index is 6.41. The first-order valence-electron chi connectivity index (χ1n) is 47.1. The molecule has 0 bridgehead atoms. The number of nitrogens with zero attached hydrogens (tertiary/aromatic N) is 9. The molecule has 0 spiro atoms. The summed E-state index contributed by atoms with van der Waals surface area (Å²) in [5, 5.41) is 22.5. The van der Waals surface area contributed by atoms with Crippen LogP contribution in [0.1, 0.15) is 0 Å². The number of hydrogen-bond donors (Lipinski definition) is 0.